The maximum absolute atomic E-state index is 4.40. The summed E-state index contributed by atoms with van der Waals surface area (Å²) in [5, 5.41) is 7.90. The van der Waals surface area contributed by atoms with Crippen LogP contribution >= 0.6 is 0 Å². The molecule has 0 bridgehead atoms. The lowest BCUT2D eigenvalue weighted by Crippen LogP contribution is -2.28. The summed E-state index contributed by atoms with van der Waals surface area (Å²) < 4.78 is 1.99. The average Bonchev–Trinajstić information content (AvgIpc) is 3.04. The molecule has 1 aliphatic heterocycles. The van der Waals surface area contributed by atoms with E-state index >= 15 is 0 Å². The van der Waals surface area contributed by atoms with Gasteiger partial charge in [0.1, 0.15) is 6.33 Å². The zero-order chi connectivity index (χ0) is 14.9. The predicted octanol–water partition coefficient (Wildman–Crippen LogP) is 3.73. The van der Waals surface area contributed by atoms with Crippen LogP contribution in [0.15, 0.2) is 60.9 Å². The van der Waals surface area contributed by atoms with E-state index in [-0.39, 0.29) is 12.1 Å². The Balaban J connectivity index is 1.72. The first-order chi connectivity index (χ1) is 10.8. The second-order valence-electron chi connectivity index (χ2n) is 5.80. The Morgan fingerprint density at radius 1 is 1.00 bits per heavy atom. The van der Waals surface area contributed by atoms with Crippen molar-refractivity contribution in [3.8, 4) is 0 Å². The third kappa shape index (κ3) is 2.26. The van der Waals surface area contributed by atoms with E-state index in [0.717, 1.165) is 12.4 Å². The number of hydrogen-bond donors (Lipinski definition) is 1. The number of fused-ring (bicyclic) bond motifs is 1. The van der Waals surface area contributed by atoms with Crippen LogP contribution in [0.1, 0.15) is 35.2 Å². The summed E-state index contributed by atoms with van der Waals surface area (Å²) in [6, 6.07) is 19.7. The molecule has 110 valence electrons. The lowest BCUT2D eigenvalue weighted by Gasteiger charge is -2.31. The molecule has 0 aliphatic carbocycles. The fraction of sp³-hybridized carbons (Fsp3) is 0.222. The monoisotopic (exact) mass is 290 g/mol. The van der Waals surface area contributed by atoms with Gasteiger partial charge in [0.2, 0.25) is 5.95 Å². The molecule has 0 saturated heterocycles. The average molecular weight is 290 g/mol. The molecule has 0 spiro atoms. The molecule has 4 rings (SSSR count). The van der Waals surface area contributed by atoms with Crippen LogP contribution in [-0.4, -0.2) is 14.8 Å². The number of benzene rings is 2. The van der Waals surface area contributed by atoms with Crippen LogP contribution < -0.4 is 5.32 Å². The first-order valence-electron chi connectivity index (χ1n) is 7.59. The summed E-state index contributed by atoms with van der Waals surface area (Å²) in [5.41, 5.74) is 3.84. The Morgan fingerprint density at radius 3 is 2.55 bits per heavy atom. The third-order valence-corrected chi connectivity index (χ3v) is 4.29. The Bertz CT molecular complexity index is 761. The molecule has 4 nitrogen and oxygen atoms in total. The maximum atomic E-state index is 4.40. The summed E-state index contributed by atoms with van der Waals surface area (Å²) in [4.78, 5) is 4.37. The molecule has 0 saturated carbocycles. The Hall–Kier alpha value is -2.62. The lowest BCUT2D eigenvalue weighted by atomic mass is 9.93. The molecule has 3 aromatic rings. The van der Waals surface area contributed by atoms with Crippen LogP contribution in [0.2, 0.25) is 0 Å². The molecule has 2 heterocycles. The van der Waals surface area contributed by atoms with Crippen molar-refractivity contribution >= 4 is 5.95 Å². The van der Waals surface area contributed by atoms with Crippen molar-refractivity contribution < 1.29 is 0 Å². The van der Waals surface area contributed by atoms with E-state index in [1.807, 2.05) is 10.7 Å². The number of anilines is 1. The van der Waals surface area contributed by atoms with Gasteiger partial charge >= 0.3 is 0 Å². The van der Waals surface area contributed by atoms with Crippen molar-refractivity contribution in [2.75, 3.05) is 5.32 Å². The summed E-state index contributed by atoms with van der Waals surface area (Å²) in [6.45, 7) is 2.11. The highest BCUT2D eigenvalue weighted by Gasteiger charge is 2.29. The van der Waals surface area contributed by atoms with Gasteiger partial charge in [-0.15, -0.1) is 0 Å². The van der Waals surface area contributed by atoms with Gasteiger partial charge in [0, 0.05) is 0 Å². The smallest absolute Gasteiger partial charge is 0.222 e. The van der Waals surface area contributed by atoms with E-state index in [9.17, 15) is 0 Å². The van der Waals surface area contributed by atoms with Crippen molar-refractivity contribution in [3.63, 3.8) is 0 Å². The van der Waals surface area contributed by atoms with Crippen molar-refractivity contribution in [2.45, 2.75) is 25.4 Å². The molecule has 4 heteroatoms. The minimum Gasteiger partial charge on any atom is -0.348 e. The molecule has 1 aromatic heterocycles. The van der Waals surface area contributed by atoms with Crippen LogP contribution in [0.4, 0.5) is 5.95 Å². The van der Waals surface area contributed by atoms with Gasteiger partial charge in [0.05, 0.1) is 12.1 Å². The molecule has 2 unspecified atom stereocenters. The normalized spacial score (nSPS) is 20.2. The van der Waals surface area contributed by atoms with Crippen LogP contribution in [-0.2, 0) is 0 Å². The van der Waals surface area contributed by atoms with Crippen LogP contribution in [0, 0.1) is 6.92 Å². The fourth-order valence-electron chi connectivity index (χ4n) is 3.09. The second kappa shape index (κ2) is 5.30. The molecule has 2 atom stereocenters. The lowest BCUT2D eigenvalue weighted by molar-refractivity contribution is 0.431. The van der Waals surface area contributed by atoms with Gasteiger partial charge < -0.3 is 5.32 Å². The van der Waals surface area contributed by atoms with E-state index in [2.05, 4.69) is 70.9 Å². The Labute approximate surface area is 129 Å². The molecule has 1 aliphatic rings. The van der Waals surface area contributed by atoms with Gasteiger partial charge in [-0.05, 0) is 24.5 Å². The molecule has 0 radical (unpaired) electrons. The topological polar surface area (TPSA) is 42.7 Å². The number of nitrogens with one attached hydrogen (secondary N) is 1. The van der Waals surface area contributed by atoms with Crippen LogP contribution in [0.3, 0.4) is 0 Å². The van der Waals surface area contributed by atoms with Gasteiger partial charge in [-0.1, -0.05) is 60.2 Å². The van der Waals surface area contributed by atoms with Crippen LogP contribution in [0.5, 0.6) is 0 Å². The maximum Gasteiger partial charge on any atom is 0.222 e. The SMILES string of the molecule is Cc1ccc(C2CC(c3ccccc3)n3ncnc3N2)cc1. The van der Waals surface area contributed by atoms with Gasteiger partial charge in [-0.25, -0.2) is 4.68 Å². The molecule has 0 amide bonds. The summed E-state index contributed by atoms with van der Waals surface area (Å²) in [5.74, 6) is 0.839. The number of aryl methyl sites for hydroxylation is 1. The second-order valence-corrected chi connectivity index (χ2v) is 5.80. The van der Waals surface area contributed by atoms with Gasteiger partial charge in [0.15, 0.2) is 0 Å². The number of aromatic nitrogens is 3. The van der Waals surface area contributed by atoms with E-state index in [1.165, 1.54) is 16.7 Å². The molecule has 2 aromatic carbocycles. The first-order valence-corrected chi connectivity index (χ1v) is 7.59. The highest BCUT2D eigenvalue weighted by Crippen LogP contribution is 2.37. The Kier molecular flexibility index (Phi) is 3.15. The van der Waals surface area contributed by atoms with Gasteiger partial charge in [0.25, 0.3) is 0 Å². The summed E-state index contributed by atoms with van der Waals surface area (Å²) in [6.07, 6.45) is 2.58. The highest BCUT2D eigenvalue weighted by molar-refractivity contribution is 5.38. The van der Waals surface area contributed by atoms with Crippen LogP contribution in [0.25, 0.3) is 0 Å². The molecular formula is C18H18N4. The molecule has 22 heavy (non-hydrogen) atoms. The standard InChI is InChI=1S/C18H18N4/c1-13-7-9-14(10-8-13)16-11-17(15-5-3-2-4-6-15)22-18(21-16)19-12-20-22/h2-10,12,16-17H,11H2,1H3,(H,19,20,21). The quantitative estimate of drug-likeness (QED) is 0.782. The van der Waals surface area contributed by atoms with E-state index < -0.39 is 0 Å². The predicted molar refractivity (Wildman–Crippen MR) is 86.8 cm³/mol. The minimum atomic E-state index is 0.214. The van der Waals surface area contributed by atoms with Crippen molar-refractivity contribution in [1.82, 2.24) is 14.8 Å². The van der Waals surface area contributed by atoms with E-state index in [1.54, 1.807) is 6.33 Å². The van der Waals surface area contributed by atoms with Gasteiger partial charge in [-0.2, -0.15) is 10.1 Å². The third-order valence-electron chi connectivity index (χ3n) is 4.29. The zero-order valence-corrected chi connectivity index (χ0v) is 12.5. The number of rotatable bonds is 2. The van der Waals surface area contributed by atoms with Gasteiger partial charge in [-0.3, -0.25) is 0 Å². The molecular weight excluding hydrogens is 272 g/mol. The number of hydrogen-bond acceptors (Lipinski definition) is 3. The summed E-state index contributed by atoms with van der Waals surface area (Å²) in [7, 11) is 0. The van der Waals surface area contributed by atoms with Crippen molar-refractivity contribution in [1.29, 1.82) is 0 Å². The molecule has 0 fully saturated rings. The molecule has 1 N–H and O–H groups in total. The Morgan fingerprint density at radius 2 is 1.77 bits per heavy atom. The van der Waals surface area contributed by atoms with E-state index in [4.69, 9.17) is 0 Å². The first kappa shape index (κ1) is 13.1. The van der Waals surface area contributed by atoms with Crippen molar-refractivity contribution in [3.05, 3.63) is 77.6 Å². The largest absolute Gasteiger partial charge is 0.348 e. The van der Waals surface area contributed by atoms with E-state index in [0.29, 0.717) is 0 Å². The fourth-order valence-corrected chi connectivity index (χ4v) is 3.09. The summed E-state index contributed by atoms with van der Waals surface area (Å²) >= 11 is 0. The zero-order valence-electron chi connectivity index (χ0n) is 12.5. The minimum absolute atomic E-state index is 0.214. The number of nitrogens with zero attached hydrogens (tertiary/aromatic N) is 3. The highest BCUT2D eigenvalue weighted by atomic mass is 15.4. The van der Waals surface area contributed by atoms with Crippen molar-refractivity contribution in [2.24, 2.45) is 0 Å².